The van der Waals surface area contributed by atoms with E-state index in [2.05, 4.69) is 21.5 Å². The van der Waals surface area contributed by atoms with Crippen molar-refractivity contribution in [1.29, 1.82) is 0 Å². The van der Waals surface area contributed by atoms with E-state index in [4.69, 9.17) is 0 Å². The van der Waals surface area contributed by atoms with Gasteiger partial charge in [0.05, 0.1) is 5.92 Å². The number of hydrazine groups is 1. The molecule has 1 unspecified atom stereocenters. The molecule has 2 saturated heterocycles. The Labute approximate surface area is 102 Å². The first-order chi connectivity index (χ1) is 8.34. The Morgan fingerprint density at radius 3 is 2.29 bits per heavy atom. The van der Waals surface area contributed by atoms with Gasteiger partial charge in [-0.3, -0.25) is 20.4 Å². The topological polar surface area (TPSA) is 82.3 Å². The second-order valence-electron chi connectivity index (χ2n) is 4.25. The van der Waals surface area contributed by atoms with E-state index < -0.39 is 0 Å². The van der Waals surface area contributed by atoms with Gasteiger partial charge < -0.3 is 10.6 Å². The maximum atomic E-state index is 11.2. The first kappa shape index (κ1) is 13.9. The molecule has 0 saturated carbocycles. The quantitative estimate of drug-likeness (QED) is 0.383. The molecule has 2 amide bonds. The Morgan fingerprint density at radius 2 is 1.82 bits per heavy atom. The smallest absolute Gasteiger partial charge is 0.242 e. The first-order valence-electron chi connectivity index (χ1n) is 6.25. The predicted molar refractivity (Wildman–Crippen MR) is 65.0 cm³/mol. The van der Waals surface area contributed by atoms with Gasteiger partial charge in [0.1, 0.15) is 0 Å². The molecular weight excluding hydrogens is 220 g/mol. The van der Waals surface area contributed by atoms with Crippen molar-refractivity contribution in [2.24, 2.45) is 5.92 Å². The number of hydrogen-bond acceptors (Lipinski definition) is 4. The first-order valence-corrected chi connectivity index (χ1v) is 6.25. The van der Waals surface area contributed by atoms with Gasteiger partial charge in [0, 0.05) is 6.54 Å². The molecule has 2 aliphatic heterocycles. The summed E-state index contributed by atoms with van der Waals surface area (Å²) in [5.74, 6) is -0.125. The van der Waals surface area contributed by atoms with Crippen LogP contribution in [0, 0.1) is 5.92 Å². The van der Waals surface area contributed by atoms with Crippen LogP contribution in [0.3, 0.4) is 0 Å². The van der Waals surface area contributed by atoms with Gasteiger partial charge in [-0.1, -0.05) is 0 Å². The van der Waals surface area contributed by atoms with E-state index in [1.165, 1.54) is 25.9 Å². The lowest BCUT2D eigenvalue weighted by molar-refractivity contribution is -0.128. The minimum absolute atomic E-state index is 0.00815. The van der Waals surface area contributed by atoms with E-state index >= 15 is 0 Å². The van der Waals surface area contributed by atoms with Crippen molar-refractivity contribution in [1.82, 2.24) is 21.5 Å². The lowest BCUT2D eigenvalue weighted by Crippen LogP contribution is -2.45. The van der Waals surface area contributed by atoms with E-state index in [0.717, 1.165) is 19.4 Å². The fourth-order valence-corrected chi connectivity index (χ4v) is 1.90. The Bertz CT molecular complexity index is 218. The van der Waals surface area contributed by atoms with Crippen LogP contribution in [0.2, 0.25) is 0 Å². The molecule has 2 rings (SSSR count). The Morgan fingerprint density at radius 1 is 1.12 bits per heavy atom. The van der Waals surface area contributed by atoms with Gasteiger partial charge in [0.25, 0.3) is 0 Å². The lowest BCUT2D eigenvalue weighted by atomic mass is 9.99. The highest BCUT2D eigenvalue weighted by Crippen LogP contribution is 2.08. The zero-order valence-electron chi connectivity index (χ0n) is 10.1. The van der Waals surface area contributed by atoms with Crippen molar-refractivity contribution >= 4 is 12.3 Å². The number of hydrogen-bond donors (Lipinski definition) is 4. The van der Waals surface area contributed by atoms with E-state index in [1.807, 2.05) is 0 Å². The number of carbonyl (C=O) groups is 2. The third kappa shape index (κ3) is 6.23. The summed E-state index contributed by atoms with van der Waals surface area (Å²) in [7, 11) is 0. The normalized spacial score (nSPS) is 23.2. The molecule has 4 N–H and O–H groups in total. The van der Waals surface area contributed by atoms with Gasteiger partial charge in [-0.25, -0.2) is 0 Å². The maximum Gasteiger partial charge on any atom is 0.242 e. The summed E-state index contributed by atoms with van der Waals surface area (Å²) in [4.78, 5) is 21.0. The van der Waals surface area contributed by atoms with E-state index in [1.54, 1.807) is 0 Å². The van der Waals surface area contributed by atoms with Gasteiger partial charge in [-0.05, 0) is 45.3 Å². The largest absolute Gasteiger partial charge is 0.317 e. The fourth-order valence-electron chi connectivity index (χ4n) is 1.90. The molecule has 0 radical (unpaired) electrons. The number of nitrogens with one attached hydrogen (secondary N) is 4. The Balaban J connectivity index is 0.000000239. The van der Waals surface area contributed by atoms with Crippen molar-refractivity contribution in [3.05, 3.63) is 0 Å². The van der Waals surface area contributed by atoms with Crippen molar-refractivity contribution in [2.45, 2.75) is 25.7 Å². The van der Waals surface area contributed by atoms with Crippen LogP contribution < -0.4 is 21.5 Å². The van der Waals surface area contributed by atoms with Crippen molar-refractivity contribution < 1.29 is 9.59 Å². The molecule has 2 heterocycles. The number of rotatable bonds is 3. The summed E-state index contributed by atoms with van der Waals surface area (Å²) in [5, 5.41) is 6.34. The minimum atomic E-state index is -0.116. The second-order valence-corrected chi connectivity index (χ2v) is 4.25. The summed E-state index contributed by atoms with van der Waals surface area (Å²) < 4.78 is 0. The Kier molecular flexibility index (Phi) is 7.33. The fraction of sp³-hybridized carbons (Fsp3) is 0.818. The average Bonchev–Trinajstić information content (AvgIpc) is 2.96. The summed E-state index contributed by atoms with van der Waals surface area (Å²) in [6.45, 7) is 4.18. The zero-order valence-corrected chi connectivity index (χ0v) is 10.1. The van der Waals surface area contributed by atoms with Gasteiger partial charge in [0.15, 0.2) is 0 Å². The molecule has 0 aliphatic carbocycles. The molecule has 0 aromatic rings. The summed E-state index contributed by atoms with van der Waals surface area (Å²) in [6, 6.07) is 0. The van der Waals surface area contributed by atoms with Crippen LogP contribution >= 0.6 is 0 Å². The molecule has 0 bridgehead atoms. The zero-order chi connectivity index (χ0) is 12.3. The molecule has 0 spiro atoms. The monoisotopic (exact) mass is 242 g/mol. The second kappa shape index (κ2) is 8.95. The van der Waals surface area contributed by atoms with E-state index in [9.17, 15) is 9.59 Å². The molecule has 0 aromatic carbocycles. The van der Waals surface area contributed by atoms with Crippen molar-refractivity contribution in [2.75, 3.05) is 26.2 Å². The molecule has 6 nitrogen and oxygen atoms in total. The minimum Gasteiger partial charge on any atom is -0.317 e. The molecule has 2 fully saturated rings. The predicted octanol–water partition coefficient (Wildman–Crippen LogP) is -0.867. The summed E-state index contributed by atoms with van der Waals surface area (Å²) in [5.41, 5.74) is 4.44. The van der Waals surface area contributed by atoms with Gasteiger partial charge in [0.2, 0.25) is 12.3 Å². The van der Waals surface area contributed by atoms with Crippen LogP contribution in [0.1, 0.15) is 25.7 Å². The van der Waals surface area contributed by atoms with Crippen LogP contribution in [-0.4, -0.2) is 38.5 Å². The maximum absolute atomic E-state index is 11.2. The molecule has 1 atom stereocenters. The molecular formula is C11H22N4O2. The van der Waals surface area contributed by atoms with E-state index in [-0.39, 0.29) is 11.8 Å². The molecule has 2 aliphatic rings. The molecule has 98 valence electrons. The number of carbonyl (C=O) groups excluding carboxylic acids is 2. The van der Waals surface area contributed by atoms with Crippen LogP contribution in [0.25, 0.3) is 0 Å². The summed E-state index contributed by atoms with van der Waals surface area (Å²) >= 11 is 0. The third-order valence-electron chi connectivity index (χ3n) is 2.88. The number of amides is 2. The highest BCUT2D eigenvalue weighted by molar-refractivity contribution is 5.79. The van der Waals surface area contributed by atoms with Crippen LogP contribution in [-0.2, 0) is 9.59 Å². The molecule has 6 heteroatoms. The lowest BCUT2D eigenvalue weighted by Gasteiger charge is -2.21. The SMILES string of the molecule is C1CCNC1.O=CNNC(=O)C1CCCNC1. The molecule has 0 aromatic heterocycles. The summed E-state index contributed by atoms with van der Waals surface area (Å²) in [6.07, 6.45) is 5.13. The van der Waals surface area contributed by atoms with Crippen LogP contribution in [0.15, 0.2) is 0 Å². The van der Waals surface area contributed by atoms with Gasteiger partial charge >= 0.3 is 0 Å². The van der Waals surface area contributed by atoms with Crippen molar-refractivity contribution in [3.8, 4) is 0 Å². The van der Waals surface area contributed by atoms with Crippen molar-refractivity contribution in [3.63, 3.8) is 0 Å². The van der Waals surface area contributed by atoms with Gasteiger partial charge in [-0.2, -0.15) is 0 Å². The van der Waals surface area contributed by atoms with E-state index in [0.29, 0.717) is 13.0 Å². The van der Waals surface area contributed by atoms with Gasteiger partial charge in [-0.15, -0.1) is 0 Å². The third-order valence-corrected chi connectivity index (χ3v) is 2.88. The molecule has 17 heavy (non-hydrogen) atoms. The average molecular weight is 242 g/mol. The van der Waals surface area contributed by atoms with Crippen LogP contribution in [0.4, 0.5) is 0 Å². The standard InChI is InChI=1S/C7H13N3O2.C4H9N/c11-5-9-10-7(12)6-2-1-3-8-4-6;1-2-4-5-3-1/h5-6,8H,1-4H2,(H,9,11)(H,10,12);5H,1-4H2. The highest BCUT2D eigenvalue weighted by atomic mass is 16.2. The Hall–Kier alpha value is -1.14. The number of piperidine rings is 1. The van der Waals surface area contributed by atoms with Crippen LogP contribution in [0.5, 0.6) is 0 Å². The highest BCUT2D eigenvalue weighted by Gasteiger charge is 2.19.